The van der Waals surface area contributed by atoms with E-state index in [4.69, 9.17) is 34.8 Å². The van der Waals surface area contributed by atoms with E-state index in [2.05, 4.69) is 0 Å². The number of benzene rings is 2. The Balaban J connectivity index is 2.14. The van der Waals surface area contributed by atoms with Crippen molar-refractivity contribution in [3.63, 3.8) is 0 Å². The molecule has 106 valence electrons. The highest BCUT2D eigenvalue weighted by Gasteiger charge is 2.14. The molecule has 0 spiro atoms. The molecule has 0 aliphatic heterocycles. The summed E-state index contributed by atoms with van der Waals surface area (Å²) in [5.74, 6) is 0.0610. The number of aliphatic hydroxyl groups is 1. The molecule has 0 amide bonds. The lowest BCUT2D eigenvalue weighted by Crippen LogP contribution is -2.13. The molecule has 1 unspecified atom stereocenters. The Morgan fingerprint density at radius 1 is 0.800 bits per heavy atom. The highest BCUT2D eigenvalue weighted by atomic mass is 35.5. The average molecular weight is 330 g/mol. The quantitative estimate of drug-likeness (QED) is 0.814. The van der Waals surface area contributed by atoms with E-state index in [0.717, 1.165) is 16.1 Å². The van der Waals surface area contributed by atoms with Gasteiger partial charge < -0.3 is 5.11 Å². The van der Waals surface area contributed by atoms with Crippen molar-refractivity contribution in [2.45, 2.75) is 12.8 Å². The van der Waals surface area contributed by atoms with Crippen molar-refractivity contribution < 1.29 is 5.11 Å². The maximum atomic E-state index is 9.58. The van der Waals surface area contributed by atoms with Crippen LogP contribution >= 0.6 is 34.8 Å². The number of rotatable bonds is 5. The zero-order chi connectivity index (χ0) is 14.5. The van der Waals surface area contributed by atoms with Crippen molar-refractivity contribution in [1.82, 2.24) is 0 Å². The second-order valence-electron chi connectivity index (χ2n) is 4.76. The minimum Gasteiger partial charge on any atom is -0.396 e. The SMILES string of the molecule is OCC(Cc1ccccc1Cl)Cc1cccc(Cl)c1Cl. The van der Waals surface area contributed by atoms with Crippen molar-refractivity contribution in [1.29, 1.82) is 0 Å². The first-order chi connectivity index (χ1) is 9.61. The summed E-state index contributed by atoms with van der Waals surface area (Å²) in [7, 11) is 0. The number of hydrogen-bond acceptors (Lipinski definition) is 1. The molecule has 4 heteroatoms. The van der Waals surface area contributed by atoms with Crippen LogP contribution in [0.4, 0.5) is 0 Å². The molecule has 0 saturated heterocycles. The number of halogens is 3. The fourth-order valence-corrected chi connectivity index (χ4v) is 2.80. The lowest BCUT2D eigenvalue weighted by atomic mass is 9.93. The Labute approximate surface area is 134 Å². The van der Waals surface area contributed by atoms with Gasteiger partial charge in [-0.3, -0.25) is 0 Å². The summed E-state index contributed by atoms with van der Waals surface area (Å²) >= 11 is 18.4. The third-order valence-corrected chi connectivity index (χ3v) is 4.49. The van der Waals surface area contributed by atoms with Crippen LogP contribution in [0.5, 0.6) is 0 Å². The Morgan fingerprint density at radius 2 is 1.40 bits per heavy atom. The standard InChI is InChI=1S/C16H15Cl3O/c17-14-6-2-1-4-12(14)8-11(10-20)9-13-5-3-7-15(18)16(13)19/h1-7,11,20H,8-10H2. The average Bonchev–Trinajstić information content (AvgIpc) is 2.45. The molecule has 0 saturated carbocycles. The highest BCUT2D eigenvalue weighted by Crippen LogP contribution is 2.28. The molecule has 0 bridgehead atoms. The van der Waals surface area contributed by atoms with Gasteiger partial charge in [-0.2, -0.15) is 0 Å². The summed E-state index contributed by atoms with van der Waals surface area (Å²) in [6.45, 7) is 0.0774. The van der Waals surface area contributed by atoms with Gasteiger partial charge in [0.15, 0.2) is 0 Å². The fraction of sp³-hybridized carbons (Fsp3) is 0.250. The molecule has 1 atom stereocenters. The summed E-state index contributed by atoms with van der Waals surface area (Å²) in [6, 6.07) is 13.2. The van der Waals surface area contributed by atoms with Crippen LogP contribution in [0.1, 0.15) is 11.1 Å². The van der Waals surface area contributed by atoms with E-state index < -0.39 is 0 Å². The van der Waals surface area contributed by atoms with Crippen LogP contribution in [0.15, 0.2) is 42.5 Å². The van der Waals surface area contributed by atoms with Gasteiger partial charge >= 0.3 is 0 Å². The van der Waals surface area contributed by atoms with Crippen molar-refractivity contribution in [2.24, 2.45) is 5.92 Å². The predicted molar refractivity (Wildman–Crippen MR) is 85.9 cm³/mol. The maximum Gasteiger partial charge on any atom is 0.0624 e. The monoisotopic (exact) mass is 328 g/mol. The summed E-state index contributed by atoms with van der Waals surface area (Å²) in [6.07, 6.45) is 1.38. The second-order valence-corrected chi connectivity index (χ2v) is 5.95. The molecule has 2 rings (SSSR count). The van der Waals surface area contributed by atoms with Crippen LogP contribution in [0.25, 0.3) is 0 Å². The van der Waals surface area contributed by atoms with E-state index in [9.17, 15) is 5.11 Å². The van der Waals surface area contributed by atoms with Crippen LogP contribution in [-0.2, 0) is 12.8 Å². The van der Waals surface area contributed by atoms with Gasteiger partial charge in [-0.1, -0.05) is 65.1 Å². The maximum absolute atomic E-state index is 9.58. The summed E-state index contributed by atoms with van der Waals surface area (Å²) in [5, 5.41) is 11.4. The van der Waals surface area contributed by atoms with Crippen LogP contribution < -0.4 is 0 Å². The van der Waals surface area contributed by atoms with E-state index in [1.807, 2.05) is 36.4 Å². The van der Waals surface area contributed by atoms with Gasteiger partial charge in [0, 0.05) is 11.6 Å². The second kappa shape index (κ2) is 7.33. The molecule has 2 aromatic carbocycles. The minimum absolute atomic E-state index is 0.0610. The molecule has 0 fully saturated rings. The Hall–Kier alpha value is -0.730. The summed E-state index contributed by atoms with van der Waals surface area (Å²) < 4.78 is 0. The van der Waals surface area contributed by atoms with E-state index in [0.29, 0.717) is 22.9 Å². The molecule has 0 aliphatic carbocycles. The largest absolute Gasteiger partial charge is 0.396 e. The first kappa shape index (κ1) is 15.7. The van der Waals surface area contributed by atoms with E-state index in [1.165, 1.54) is 0 Å². The summed E-state index contributed by atoms with van der Waals surface area (Å²) in [4.78, 5) is 0. The molecule has 0 aliphatic rings. The smallest absolute Gasteiger partial charge is 0.0624 e. The molecular weight excluding hydrogens is 315 g/mol. The number of hydrogen-bond donors (Lipinski definition) is 1. The molecule has 0 heterocycles. The lowest BCUT2D eigenvalue weighted by Gasteiger charge is -2.16. The molecule has 0 radical (unpaired) electrons. The van der Waals surface area contributed by atoms with Crippen molar-refractivity contribution >= 4 is 34.8 Å². The Bertz CT molecular complexity index is 584. The van der Waals surface area contributed by atoms with Gasteiger partial charge in [-0.25, -0.2) is 0 Å². The third kappa shape index (κ3) is 3.89. The fourth-order valence-electron chi connectivity index (χ4n) is 2.19. The van der Waals surface area contributed by atoms with Gasteiger partial charge in [0.1, 0.15) is 0 Å². The molecule has 2 aromatic rings. The van der Waals surface area contributed by atoms with Crippen LogP contribution in [0.3, 0.4) is 0 Å². The van der Waals surface area contributed by atoms with Crippen LogP contribution in [0.2, 0.25) is 15.1 Å². The minimum atomic E-state index is 0.0610. The van der Waals surface area contributed by atoms with Crippen LogP contribution in [0, 0.1) is 5.92 Å². The molecule has 0 aromatic heterocycles. The zero-order valence-electron chi connectivity index (χ0n) is 10.8. The lowest BCUT2D eigenvalue weighted by molar-refractivity contribution is 0.225. The van der Waals surface area contributed by atoms with Gasteiger partial charge in [0.05, 0.1) is 10.0 Å². The molecule has 20 heavy (non-hydrogen) atoms. The van der Waals surface area contributed by atoms with E-state index in [1.54, 1.807) is 6.07 Å². The predicted octanol–water partition coefficient (Wildman–Crippen LogP) is 5.04. The van der Waals surface area contributed by atoms with Crippen molar-refractivity contribution in [3.8, 4) is 0 Å². The topological polar surface area (TPSA) is 20.2 Å². The number of aliphatic hydroxyl groups excluding tert-OH is 1. The highest BCUT2D eigenvalue weighted by molar-refractivity contribution is 6.42. The first-order valence-electron chi connectivity index (χ1n) is 6.39. The molecule has 1 N–H and O–H groups in total. The van der Waals surface area contributed by atoms with Gasteiger partial charge in [-0.05, 0) is 42.0 Å². The van der Waals surface area contributed by atoms with Gasteiger partial charge in [-0.15, -0.1) is 0 Å². The van der Waals surface area contributed by atoms with E-state index in [-0.39, 0.29) is 12.5 Å². The zero-order valence-corrected chi connectivity index (χ0v) is 13.1. The molecular formula is C16H15Cl3O. The Morgan fingerprint density at radius 3 is 2.10 bits per heavy atom. The first-order valence-corrected chi connectivity index (χ1v) is 7.52. The van der Waals surface area contributed by atoms with Gasteiger partial charge in [0.2, 0.25) is 0 Å². The van der Waals surface area contributed by atoms with Crippen molar-refractivity contribution in [3.05, 3.63) is 68.7 Å². The summed E-state index contributed by atoms with van der Waals surface area (Å²) in [5.41, 5.74) is 1.98. The third-order valence-electron chi connectivity index (χ3n) is 3.26. The van der Waals surface area contributed by atoms with Crippen LogP contribution in [-0.4, -0.2) is 11.7 Å². The van der Waals surface area contributed by atoms with Gasteiger partial charge in [0.25, 0.3) is 0 Å². The molecule has 1 nitrogen and oxygen atoms in total. The Kier molecular flexibility index (Phi) is 5.74. The van der Waals surface area contributed by atoms with Crippen molar-refractivity contribution in [2.75, 3.05) is 6.61 Å². The van der Waals surface area contributed by atoms with E-state index >= 15 is 0 Å². The normalized spacial score (nSPS) is 12.4.